The van der Waals surface area contributed by atoms with Crippen LogP contribution in [-0.2, 0) is 13.6 Å². The Balaban J connectivity index is 5.79. The molecule has 0 fully saturated rings. The van der Waals surface area contributed by atoms with Gasteiger partial charge in [0, 0.05) is 6.42 Å². The molecule has 0 heterocycles. The van der Waals surface area contributed by atoms with Gasteiger partial charge in [-0.3, -0.25) is 4.79 Å². The average Bonchev–Trinajstić information content (AvgIpc) is 2.47. The van der Waals surface area contributed by atoms with Gasteiger partial charge >= 0.3 is 0 Å². The van der Waals surface area contributed by atoms with Crippen LogP contribution >= 0.6 is 0 Å². The summed E-state index contributed by atoms with van der Waals surface area (Å²) >= 11 is 0. The van der Waals surface area contributed by atoms with Gasteiger partial charge in [0.15, 0.2) is 16.6 Å². The van der Waals surface area contributed by atoms with Crippen molar-refractivity contribution in [2.45, 2.75) is 116 Å². The highest BCUT2D eigenvalue weighted by atomic mass is 28.4. The number of aliphatic hydroxyl groups is 1. The third-order valence-corrected chi connectivity index (χ3v) is 15.3. The molecular weight excluding hydrogens is 374 g/mol. The smallest absolute Gasteiger partial charge is 0.220 e. The average molecular weight is 420 g/mol. The van der Waals surface area contributed by atoms with Crippen molar-refractivity contribution in [2.24, 2.45) is 0 Å². The summed E-state index contributed by atoms with van der Waals surface area (Å²) < 4.78 is 13.3. The normalized spacial score (nSPS) is 17.4. The Morgan fingerprint density at radius 1 is 0.963 bits per heavy atom. The Morgan fingerprint density at radius 2 is 1.37 bits per heavy atom. The molecule has 1 unspecified atom stereocenters. The first-order valence-corrected chi connectivity index (χ1v) is 16.0. The van der Waals surface area contributed by atoms with Crippen LogP contribution in [0.2, 0.25) is 36.3 Å². The molecule has 0 radical (unpaired) electrons. The van der Waals surface area contributed by atoms with E-state index in [1.54, 1.807) is 0 Å². The van der Waals surface area contributed by atoms with Crippen LogP contribution in [0.25, 0.3) is 0 Å². The predicted molar refractivity (Wildman–Crippen MR) is 119 cm³/mol. The van der Waals surface area contributed by atoms with Gasteiger partial charge in [-0.05, 0) is 43.2 Å². The van der Waals surface area contributed by atoms with E-state index in [-0.39, 0.29) is 34.8 Å². The first-order valence-electron chi connectivity index (χ1n) is 10.2. The van der Waals surface area contributed by atoms with Crippen molar-refractivity contribution >= 4 is 22.5 Å². The second-order valence-corrected chi connectivity index (χ2v) is 20.1. The van der Waals surface area contributed by atoms with E-state index in [1.165, 1.54) is 0 Å². The minimum Gasteiger partial charge on any atom is -0.412 e. The Bertz CT molecular complexity index is 481. The number of carbonyl (C=O) groups excluding carboxylic acids is 1. The molecular formula is C20H45NO4Si2. The van der Waals surface area contributed by atoms with E-state index in [1.807, 2.05) is 13.8 Å². The molecule has 0 saturated carbocycles. The van der Waals surface area contributed by atoms with Crippen LogP contribution in [0.15, 0.2) is 0 Å². The molecule has 0 aliphatic heterocycles. The third-order valence-electron chi connectivity index (χ3n) is 6.25. The Morgan fingerprint density at radius 3 is 1.70 bits per heavy atom. The van der Waals surface area contributed by atoms with Crippen molar-refractivity contribution in [2.75, 3.05) is 6.61 Å². The van der Waals surface area contributed by atoms with Crippen LogP contribution < -0.4 is 5.32 Å². The maximum atomic E-state index is 12.0. The summed E-state index contributed by atoms with van der Waals surface area (Å²) in [6.45, 7) is 25.6. The molecule has 2 N–H and O–H groups in total. The van der Waals surface area contributed by atoms with E-state index >= 15 is 0 Å². The lowest BCUT2D eigenvalue weighted by Crippen LogP contribution is -2.59. The Labute approximate surface area is 169 Å². The van der Waals surface area contributed by atoms with E-state index in [2.05, 4.69) is 73.0 Å². The zero-order chi connectivity index (χ0) is 21.8. The zero-order valence-corrected chi connectivity index (χ0v) is 21.8. The maximum absolute atomic E-state index is 12.0. The van der Waals surface area contributed by atoms with Gasteiger partial charge in [0.25, 0.3) is 0 Å². The van der Waals surface area contributed by atoms with Gasteiger partial charge < -0.3 is 19.3 Å². The van der Waals surface area contributed by atoms with E-state index in [0.717, 1.165) is 0 Å². The standard InChI is InChI=1S/C20H45NO4Si2/c1-13-17(23)21-16(14-22)18(25-27(11,12)20(6,7)8)15(2)24-26(9,10)19(3,4)5/h15-16,18,22H,13-14H2,1-12H3,(H,21,23)/t15-,16+,18?/m1/s1. The predicted octanol–water partition coefficient (Wildman–Crippen LogP) is 4.67. The summed E-state index contributed by atoms with van der Waals surface area (Å²) in [5, 5.41) is 13.1. The highest BCUT2D eigenvalue weighted by Gasteiger charge is 2.45. The van der Waals surface area contributed by atoms with Crippen LogP contribution in [0.5, 0.6) is 0 Å². The van der Waals surface area contributed by atoms with Crippen molar-refractivity contribution in [1.29, 1.82) is 0 Å². The molecule has 1 amide bonds. The molecule has 0 aliphatic carbocycles. The number of hydrogen-bond acceptors (Lipinski definition) is 4. The minimum absolute atomic E-state index is 0.0245. The summed E-state index contributed by atoms with van der Waals surface area (Å²) in [5.74, 6) is -0.0857. The quantitative estimate of drug-likeness (QED) is 0.533. The fourth-order valence-corrected chi connectivity index (χ4v) is 5.08. The van der Waals surface area contributed by atoms with E-state index in [9.17, 15) is 9.90 Å². The second-order valence-electron chi connectivity index (χ2n) is 10.6. The van der Waals surface area contributed by atoms with E-state index < -0.39 is 22.7 Å². The second kappa shape index (κ2) is 9.52. The molecule has 5 nitrogen and oxygen atoms in total. The highest BCUT2D eigenvalue weighted by molar-refractivity contribution is 6.74. The highest BCUT2D eigenvalue weighted by Crippen LogP contribution is 2.40. The van der Waals surface area contributed by atoms with Gasteiger partial charge in [0.1, 0.15) is 0 Å². The number of aliphatic hydroxyl groups excluding tert-OH is 1. The van der Waals surface area contributed by atoms with Crippen molar-refractivity contribution < 1.29 is 18.8 Å². The first-order chi connectivity index (χ1) is 11.9. The van der Waals surface area contributed by atoms with Gasteiger partial charge in [0.05, 0.1) is 24.9 Å². The number of carbonyl (C=O) groups is 1. The van der Waals surface area contributed by atoms with Crippen LogP contribution in [0.4, 0.5) is 0 Å². The summed E-state index contributed by atoms with van der Waals surface area (Å²) in [7, 11) is -4.14. The molecule has 0 aromatic rings. The Kier molecular flexibility index (Phi) is 9.45. The molecule has 7 heteroatoms. The fraction of sp³-hybridized carbons (Fsp3) is 0.950. The molecule has 0 aromatic carbocycles. The fourth-order valence-electron chi connectivity index (χ4n) is 2.27. The number of rotatable bonds is 9. The van der Waals surface area contributed by atoms with Crippen molar-refractivity contribution in [3.05, 3.63) is 0 Å². The number of hydrogen-bond donors (Lipinski definition) is 2. The summed E-state index contributed by atoms with van der Waals surface area (Å²) in [5.41, 5.74) is 0. The molecule has 0 rings (SSSR count). The topological polar surface area (TPSA) is 67.8 Å². The van der Waals surface area contributed by atoms with Crippen LogP contribution in [-0.4, -0.2) is 52.5 Å². The van der Waals surface area contributed by atoms with Crippen molar-refractivity contribution in [3.8, 4) is 0 Å². The van der Waals surface area contributed by atoms with E-state index in [0.29, 0.717) is 6.42 Å². The monoisotopic (exact) mass is 419 g/mol. The molecule has 0 bridgehead atoms. The molecule has 3 atom stereocenters. The molecule has 0 saturated heterocycles. The third kappa shape index (κ3) is 7.61. The van der Waals surface area contributed by atoms with Gasteiger partial charge in [-0.15, -0.1) is 0 Å². The lowest BCUT2D eigenvalue weighted by Gasteiger charge is -2.46. The van der Waals surface area contributed by atoms with Gasteiger partial charge in [-0.1, -0.05) is 48.5 Å². The van der Waals surface area contributed by atoms with E-state index in [4.69, 9.17) is 8.85 Å². The van der Waals surface area contributed by atoms with Gasteiger partial charge in [-0.2, -0.15) is 0 Å². The summed E-state index contributed by atoms with van der Waals surface area (Å²) in [4.78, 5) is 12.0. The first kappa shape index (κ1) is 26.8. The zero-order valence-electron chi connectivity index (χ0n) is 19.8. The minimum atomic E-state index is -2.12. The van der Waals surface area contributed by atoms with Crippen LogP contribution in [0.3, 0.4) is 0 Å². The maximum Gasteiger partial charge on any atom is 0.220 e. The number of nitrogens with one attached hydrogen (secondary N) is 1. The lowest BCUT2D eigenvalue weighted by atomic mass is 10.1. The largest absolute Gasteiger partial charge is 0.412 e. The lowest BCUT2D eigenvalue weighted by molar-refractivity contribution is -0.123. The molecule has 27 heavy (non-hydrogen) atoms. The summed E-state index contributed by atoms with van der Waals surface area (Å²) in [6.07, 6.45) is -0.240. The SMILES string of the molecule is CCC(=O)N[C@@H](CO)C(O[Si](C)(C)C(C)(C)C)[C@@H](C)O[Si](C)(C)C(C)(C)C. The molecule has 0 aromatic heterocycles. The van der Waals surface area contributed by atoms with Crippen molar-refractivity contribution in [1.82, 2.24) is 5.32 Å². The molecule has 0 spiro atoms. The number of amides is 1. The Hall–Kier alpha value is -0.216. The summed E-state index contributed by atoms with van der Waals surface area (Å²) in [6, 6.07) is -0.480. The van der Waals surface area contributed by atoms with Gasteiger partial charge in [-0.25, -0.2) is 0 Å². The van der Waals surface area contributed by atoms with Crippen molar-refractivity contribution in [3.63, 3.8) is 0 Å². The molecule has 162 valence electrons. The molecule has 0 aliphatic rings. The van der Waals surface area contributed by atoms with Crippen LogP contribution in [0.1, 0.15) is 61.8 Å². The van der Waals surface area contributed by atoms with Crippen LogP contribution in [0, 0.1) is 0 Å². The van der Waals surface area contributed by atoms with Gasteiger partial charge in [0.2, 0.25) is 5.91 Å².